The van der Waals surface area contributed by atoms with Crippen LogP contribution in [0.5, 0.6) is 0 Å². The van der Waals surface area contributed by atoms with Gasteiger partial charge in [-0.1, -0.05) is 12.0 Å². The maximum absolute atomic E-state index is 13.0. The number of nitrogens with one attached hydrogen (secondary N) is 1. The van der Waals surface area contributed by atoms with Gasteiger partial charge in [0.15, 0.2) is 0 Å². The molecule has 3 rings (SSSR count). The molecule has 0 unspecified atom stereocenters. The number of rotatable bonds is 5. The summed E-state index contributed by atoms with van der Waals surface area (Å²) >= 11 is 0. The van der Waals surface area contributed by atoms with Crippen molar-refractivity contribution in [2.45, 2.75) is 17.5 Å². The quantitative estimate of drug-likeness (QED) is 0.685. The molecule has 0 bridgehead atoms. The molecule has 1 N–H and O–H groups in total. The molecule has 11 heteroatoms. The van der Waals surface area contributed by atoms with E-state index in [2.05, 4.69) is 15.6 Å². The summed E-state index contributed by atoms with van der Waals surface area (Å²) in [5.74, 6) is 2.26. The first-order valence-electron chi connectivity index (χ1n) is 9.72. The van der Waals surface area contributed by atoms with E-state index in [9.17, 15) is 26.4 Å². The predicted octanol–water partition coefficient (Wildman–Crippen LogP) is 2.36. The highest BCUT2D eigenvalue weighted by Crippen LogP contribution is 2.29. The molecule has 0 radical (unpaired) electrons. The van der Waals surface area contributed by atoms with Crippen molar-refractivity contribution in [2.75, 3.05) is 37.6 Å². The van der Waals surface area contributed by atoms with E-state index in [4.69, 9.17) is 6.42 Å². The maximum atomic E-state index is 13.0. The Morgan fingerprint density at radius 1 is 1.16 bits per heavy atom. The molecule has 7 nitrogen and oxygen atoms in total. The Bertz CT molecular complexity index is 1110. The largest absolute Gasteiger partial charge is 0.417 e. The topological polar surface area (TPSA) is 82.6 Å². The maximum Gasteiger partial charge on any atom is 0.417 e. The van der Waals surface area contributed by atoms with Crippen LogP contribution in [0.1, 0.15) is 22.3 Å². The van der Waals surface area contributed by atoms with Crippen molar-refractivity contribution in [2.24, 2.45) is 0 Å². The van der Waals surface area contributed by atoms with Gasteiger partial charge >= 0.3 is 6.18 Å². The second kappa shape index (κ2) is 9.58. The zero-order chi connectivity index (χ0) is 23.4. The van der Waals surface area contributed by atoms with Crippen molar-refractivity contribution in [1.29, 1.82) is 0 Å². The van der Waals surface area contributed by atoms with Crippen LogP contribution >= 0.6 is 0 Å². The summed E-state index contributed by atoms with van der Waals surface area (Å²) < 4.78 is 65.0. The first-order valence-corrected chi connectivity index (χ1v) is 11.2. The van der Waals surface area contributed by atoms with E-state index in [1.807, 2.05) is 4.90 Å². The van der Waals surface area contributed by atoms with Crippen LogP contribution < -0.4 is 9.62 Å². The lowest BCUT2D eigenvalue weighted by Gasteiger charge is -2.23. The summed E-state index contributed by atoms with van der Waals surface area (Å²) in [4.78, 5) is 20.2. The van der Waals surface area contributed by atoms with Gasteiger partial charge in [-0.3, -0.25) is 4.79 Å². The van der Waals surface area contributed by atoms with Crippen molar-refractivity contribution in [1.82, 2.24) is 14.6 Å². The van der Waals surface area contributed by atoms with Crippen molar-refractivity contribution >= 4 is 21.7 Å². The van der Waals surface area contributed by atoms with Crippen LogP contribution in [0.4, 0.5) is 19.0 Å². The van der Waals surface area contributed by atoms with E-state index in [0.29, 0.717) is 38.4 Å². The van der Waals surface area contributed by atoms with E-state index in [1.165, 1.54) is 30.3 Å². The molecule has 0 atom stereocenters. The molecule has 1 aliphatic heterocycles. The number of sulfonamides is 1. The van der Waals surface area contributed by atoms with Gasteiger partial charge in [0.25, 0.3) is 5.91 Å². The minimum absolute atomic E-state index is 0.0657. The summed E-state index contributed by atoms with van der Waals surface area (Å²) in [6, 6.07) is 7.97. The zero-order valence-electron chi connectivity index (χ0n) is 17.0. The molecule has 1 fully saturated rings. The summed E-state index contributed by atoms with van der Waals surface area (Å²) in [5.41, 5.74) is -0.603. The first-order chi connectivity index (χ1) is 15.1. The second-order valence-corrected chi connectivity index (χ2v) is 8.86. The standard InChI is InChI=1S/C21H21F3N4O3S/c1-2-9-26-32(30,31)18-6-3-5-16(14-18)20(29)28-11-4-10-27(12-13-28)19-8-7-17(15-25-19)21(22,23)24/h1,3,5-8,14-15,26H,4,9-13H2. The van der Waals surface area contributed by atoms with E-state index in [-0.39, 0.29) is 22.9 Å². The molecular weight excluding hydrogens is 445 g/mol. The molecule has 1 aliphatic rings. The minimum atomic E-state index is -4.45. The molecule has 0 spiro atoms. The Hall–Kier alpha value is -3.10. The Morgan fingerprint density at radius 2 is 1.94 bits per heavy atom. The molecule has 2 heterocycles. The zero-order valence-corrected chi connectivity index (χ0v) is 17.8. The summed E-state index contributed by atoms with van der Waals surface area (Å²) in [7, 11) is -3.84. The van der Waals surface area contributed by atoms with Gasteiger partial charge in [0, 0.05) is 37.9 Å². The number of halogens is 3. The number of nitrogens with zero attached hydrogens (tertiary/aromatic N) is 3. The summed E-state index contributed by atoms with van der Waals surface area (Å²) in [6.07, 6.45) is 2.01. The number of anilines is 1. The number of terminal acetylenes is 1. The molecule has 0 aliphatic carbocycles. The lowest BCUT2D eigenvalue weighted by molar-refractivity contribution is -0.137. The fourth-order valence-electron chi connectivity index (χ4n) is 3.29. The molecule has 1 aromatic heterocycles. The van der Waals surface area contributed by atoms with E-state index in [0.717, 1.165) is 12.3 Å². The van der Waals surface area contributed by atoms with Crippen LogP contribution in [-0.2, 0) is 16.2 Å². The number of aromatic nitrogens is 1. The molecule has 2 aromatic rings. The number of pyridine rings is 1. The van der Waals surface area contributed by atoms with Crippen LogP contribution in [0.3, 0.4) is 0 Å². The fraction of sp³-hybridized carbons (Fsp3) is 0.333. The predicted molar refractivity (Wildman–Crippen MR) is 112 cm³/mol. The van der Waals surface area contributed by atoms with Gasteiger partial charge in [0.05, 0.1) is 17.0 Å². The van der Waals surface area contributed by atoms with Crippen LogP contribution in [0.25, 0.3) is 0 Å². The van der Waals surface area contributed by atoms with Gasteiger partial charge in [-0.2, -0.15) is 17.9 Å². The molecule has 1 amide bonds. The number of amides is 1. The van der Waals surface area contributed by atoms with Gasteiger partial charge in [-0.25, -0.2) is 13.4 Å². The van der Waals surface area contributed by atoms with Crippen LogP contribution in [-0.4, -0.2) is 56.9 Å². The Kier molecular flexibility index (Phi) is 7.06. The third-order valence-corrected chi connectivity index (χ3v) is 6.34. The molecular formula is C21H21F3N4O3S. The SMILES string of the molecule is C#CCNS(=O)(=O)c1cccc(C(=O)N2CCCN(c3ccc(C(F)(F)F)cn3)CC2)c1. The number of hydrogen-bond acceptors (Lipinski definition) is 5. The van der Waals surface area contributed by atoms with Gasteiger partial charge < -0.3 is 9.80 Å². The highest BCUT2D eigenvalue weighted by atomic mass is 32.2. The fourth-order valence-corrected chi connectivity index (χ4v) is 4.27. The van der Waals surface area contributed by atoms with Crippen molar-refractivity contribution in [3.05, 3.63) is 53.7 Å². The molecule has 170 valence electrons. The van der Waals surface area contributed by atoms with Gasteiger partial charge in [0.1, 0.15) is 5.82 Å². The lowest BCUT2D eigenvalue weighted by Crippen LogP contribution is -2.35. The molecule has 1 saturated heterocycles. The number of carbonyl (C=O) groups is 1. The average molecular weight is 466 g/mol. The third kappa shape index (κ3) is 5.57. The summed E-state index contributed by atoms with van der Waals surface area (Å²) in [5, 5.41) is 0. The van der Waals surface area contributed by atoms with Crippen LogP contribution in [0, 0.1) is 12.3 Å². The van der Waals surface area contributed by atoms with E-state index >= 15 is 0 Å². The Labute approximate surface area is 184 Å². The van der Waals surface area contributed by atoms with Gasteiger partial charge in [0.2, 0.25) is 10.0 Å². The normalized spacial score (nSPS) is 15.2. The van der Waals surface area contributed by atoms with Gasteiger partial charge in [-0.05, 0) is 36.8 Å². The monoisotopic (exact) mass is 466 g/mol. The van der Waals surface area contributed by atoms with Gasteiger partial charge in [-0.15, -0.1) is 6.42 Å². The van der Waals surface area contributed by atoms with Crippen LogP contribution in [0.15, 0.2) is 47.5 Å². The van der Waals surface area contributed by atoms with Crippen LogP contribution in [0.2, 0.25) is 0 Å². The van der Waals surface area contributed by atoms with Crippen molar-refractivity contribution < 1.29 is 26.4 Å². The highest BCUT2D eigenvalue weighted by Gasteiger charge is 2.31. The number of alkyl halides is 3. The average Bonchev–Trinajstić information content (AvgIpc) is 3.03. The van der Waals surface area contributed by atoms with Crippen molar-refractivity contribution in [3.63, 3.8) is 0 Å². The molecule has 1 aromatic carbocycles. The second-order valence-electron chi connectivity index (χ2n) is 7.09. The number of benzene rings is 1. The van der Waals surface area contributed by atoms with Crippen molar-refractivity contribution in [3.8, 4) is 12.3 Å². The molecule has 32 heavy (non-hydrogen) atoms. The third-order valence-electron chi connectivity index (χ3n) is 4.94. The number of hydrogen-bond donors (Lipinski definition) is 1. The molecule has 0 saturated carbocycles. The highest BCUT2D eigenvalue weighted by molar-refractivity contribution is 7.89. The Balaban J connectivity index is 1.70. The summed E-state index contributed by atoms with van der Waals surface area (Å²) in [6.45, 7) is 1.47. The minimum Gasteiger partial charge on any atom is -0.355 e. The van der Waals surface area contributed by atoms with E-state index < -0.39 is 21.8 Å². The Morgan fingerprint density at radius 3 is 2.59 bits per heavy atom. The first kappa shape index (κ1) is 23.6. The smallest absolute Gasteiger partial charge is 0.355 e. The van der Waals surface area contributed by atoms with E-state index in [1.54, 1.807) is 4.90 Å². The lowest BCUT2D eigenvalue weighted by atomic mass is 10.2. The number of carbonyl (C=O) groups excluding carboxylic acids is 1.